The van der Waals surface area contributed by atoms with Gasteiger partial charge in [-0.3, -0.25) is 14.8 Å². The van der Waals surface area contributed by atoms with Crippen molar-refractivity contribution in [1.82, 2.24) is 19.5 Å². The molecule has 0 spiro atoms. The molecule has 6 heteroatoms. The number of rotatable bonds is 3. The van der Waals surface area contributed by atoms with Gasteiger partial charge >= 0.3 is 0 Å². The Labute approximate surface area is 144 Å². The van der Waals surface area contributed by atoms with Crippen LogP contribution in [0, 0.1) is 0 Å². The van der Waals surface area contributed by atoms with Gasteiger partial charge in [0.25, 0.3) is 5.56 Å². The number of hydrogen-bond acceptors (Lipinski definition) is 4. The van der Waals surface area contributed by atoms with Crippen molar-refractivity contribution in [2.45, 2.75) is 24.8 Å². The summed E-state index contributed by atoms with van der Waals surface area (Å²) in [6, 6.07) is 14.4. The molecule has 24 heavy (non-hydrogen) atoms. The van der Waals surface area contributed by atoms with Gasteiger partial charge in [0.1, 0.15) is 0 Å². The maximum Gasteiger partial charge on any atom is 0.272 e. The lowest BCUT2D eigenvalue weighted by atomic mass is 10.0. The van der Waals surface area contributed by atoms with E-state index in [1.165, 1.54) is 10.1 Å². The molecule has 3 heterocycles. The number of thioether (sulfide) groups is 1. The second kappa shape index (κ2) is 6.45. The van der Waals surface area contributed by atoms with Gasteiger partial charge in [-0.1, -0.05) is 37.3 Å². The summed E-state index contributed by atoms with van der Waals surface area (Å²) in [4.78, 5) is 19.3. The van der Waals surface area contributed by atoms with Crippen molar-refractivity contribution in [3.05, 3.63) is 70.3 Å². The molecule has 0 unspecified atom stereocenters. The monoisotopic (exact) mass is 340 g/mol. The van der Waals surface area contributed by atoms with Crippen LogP contribution in [0.4, 0.5) is 0 Å². The van der Waals surface area contributed by atoms with E-state index >= 15 is 0 Å². The molecule has 2 atom stereocenters. The smallest absolute Gasteiger partial charge is 0.272 e. The first-order valence-corrected chi connectivity index (χ1v) is 9.24. The Balaban J connectivity index is 1.66. The lowest BCUT2D eigenvalue weighted by molar-refractivity contribution is 0.189. The molecule has 1 aromatic carbocycles. The van der Waals surface area contributed by atoms with Crippen LogP contribution in [0.1, 0.15) is 24.2 Å². The van der Waals surface area contributed by atoms with E-state index < -0.39 is 0 Å². The lowest BCUT2D eigenvalue weighted by Crippen LogP contribution is -2.40. The average molecular weight is 340 g/mol. The molecular formula is C18H20N4OS. The van der Waals surface area contributed by atoms with Gasteiger partial charge < -0.3 is 0 Å². The predicted octanol–water partition coefficient (Wildman–Crippen LogP) is 2.70. The van der Waals surface area contributed by atoms with Gasteiger partial charge in [-0.15, -0.1) is 0 Å². The zero-order valence-electron chi connectivity index (χ0n) is 13.6. The molecule has 0 saturated carbocycles. The number of fused-ring (bicyclic) bond motifs is 1. The van der Waals surface area contributed by atoms with Gasteiger partial charge in [-0.05, 0) is 5.56 Å². The lowest BCUT2D eigenvalue weighted by Gasteiger charge is -2.39. The SMILES string of the molecule is C[C@H]1SCCN(Cc2cc(=O)n3[nH]ccc3n2)[C@H]1c1ccccc1. The molecule has 0 aliphatic carbocycles. The van der Waals surface area contributed by atoms with Gasteiger partial charge in [0.05, 0.1) is 5.69 Å². The van der Waals surface area contributed by atoms with E-state index in [0.29, 0.717) is 23.5 Å². The van der Waals surface area contributed by atoms with Gasteiger partial charge in [0, 0.05) is 48.5 Å². The summed E-state index contributed by atoms with van der Waals surface area (Å²) in [6.45, 7) is 3.98. The van der Waals surface area contributed by atoms with Crippen LogP contribution in [0.2, 0.25) is 0 Å². The standard InChI is InChI=1S/C18H20N4OS/c1-13-18(14-5-3-2-4-6-14)21(9-10-24-13)12-15-11-17(23)22-16(20-15)7-8-19-22/h2-8,11,13,18-19H,9-10,12H2,1H3/t13-,18-/m1/s1. The quantitative estimate of drug-likeness (QED) is 0.796. The molecule has 1 aliphatic heterocycles. The highest BCUT2D eigenvalue weighted by Gasteiger charge is 2.30. The first kappa shape index (κ1) is 15.5. The van der Waals surface area contributed by atoms with Crippen LogP contribution in [0.5, 0.6) is 0 Å². The fourth-order valence-electron chi connectivity index (χ4n) is 3.46. The minimum atomic E-state index is -0.0595. The molecule has 0 amide bonds. The summed E-state index contributed by atoms with van der Waals surface area (Å²) < 4.78 is 1.47. The van der Waals surface area contributed by atoms with E-state index in [-0.39, 0.29) is 5.56 Å². The molecule has 0 bridgehead atoms. The maximum absolute atomic E-state index is 12.2. The number of aromatic nitrogens is 3. The molecule has 1 N–H and O–H groups in total. The number of hydrogen-bond donors (Lipinski definition) is 1. The van der Waals surface area contributed by atoms with Gasteiger partial charge in [0.2, 0.25) is 0 Å². The molecule has 5 nitrogen and oxygen atoms in total. The Morgan fingerprint density at radius 3 is 2.96 bits per heavy atom. The van der Waals surface area contributed by atoms with Crippen LogP contribution in [0.25, 0.3) is 5.65 Å². The summed E-state index contributed by atoms with van der Waals surface area (Å²) in [7, 11) is 0. The molecule has 1 fully saturated rings. The van der Waals surface area contributed by atoms with Crippen molar-refractivity contribution >= 4 is 17.4 Å². The Morgan fingerprint density at radius 1 is 1.29 bits per heavy atom. The Morgan fingerprint density at radius 2 is 2.12 bits per heavy atom. The molecule has 1 saturated heterocycles. The topological polar surface area (TPSA) is 53.4 Å². The Bertz CT molecular complexity index is 889. The van der Waals surface area contributed by atoms with E-state index in [1.807, 2.05) is 17.8 Å². The normalized spacial score (nSPS) is 22.0. The third-order valence-corrected chi connectivity index (χ3v) is 5.74. The average Bonchev–Trinajstić information content (AvgIpc) is 3.05. The Hall–Kier alpha value is -2.05. The number of benzene rings is 1. The molecule has 124 valence electrons. The van der Waals surface area contributed by atoms with Gasteiger partial charge in [-0.25, -0.2) is 9.50 Å². The highest BCUT2D eigenvalue weighted by atomic mass is 32.2. The fourth-order valence-corrected chi connectivity index (χ4v) is 4.68. The molecule has 2 aromatic heterocycles. The van der Waals surface area contributed by atoms with E-state index in [0.717, 1.165) is 18.0 Å². The zero-order chi connectivity index (χ0) is 16.5. The van der Waals surface area contributed by atoms with Crippen LogP contribution in [-0.2, 0) is 6.54 Å². The Kier molecular flexibility index (Phi) is 4.16. The van der Waals surface area contributed by atoms with Crippen molar-refractivity contribution in [2.24, 2.45) is 0 Å². The molecule has 0 radical (unpaired) electrons. The van der Waals surface area contributed by atoms with Crippen LogP contribution in [0.3, 0.4) is 0 Å². The number of H-pyrrole nitrogens is 1. The van der Waals surface area contributed by atoms with E-state index in [9.17, 15) is 4.79 Å². The highest BCUT2D eigenvalue weighted by Crippen LogP contribution is 2.36. The fraction of sp³-hybridized carbons (Fsp3) is 0.333. The third kappa shape index (κ3) is 2.87. The van der Waals surface area contributed by atoms with Crippen LogP contribution in [-0.4, -0.2) is 37.0 Å². The molecule has 1 aliphatic rings. The van der Waals surface area contributed by atoms with Crippen LogP contribution < -0.4 is 5.56 Å². The van der Waals surface area contributed by atoms with E-state index in [4.69, 9.17) is 0 Å². The van der Waals surface area contributed by atoms with E-state index in [1.54, 1.807) is 12.3 Å². The summed E-state index contributed by atoms with van der Waals surface area (Å²) in [6.07, 6.45) is 1.74. The molecule has 3 aromatic rings. The van der Waals surface area contributed by atoms with Crippen molar-refractivity contribution in [2.75, 3.05) is 12.3 Å². The number of nitrogens with zero attached hydrogens (tertiary/aromatic N) is 3. The van der Waals surface area contributed by atoms with Crippen molar-refractivity contribution in [3.8, 4) is 0 Å². The van der Waals surface area contributed by atoms with Crippen molar-refractivity contribution in [3.63, 3.8) is 0 Å². The van der Waals surface area contributed by atoms with Crippen molar-refractivity contribution < 1.29 is 0 Å². The van der Waals surface area contributed by atoms with Crippen LogP contribution in [0.15, 0.2) is 53.5 Å². The molecule has 4 rings (SSSR count). The first-order valence-electron chi connectivity index (χ1n) is 8.19. The summed E-state index contributed by atoms with van der Waals surface area (Å²) in [5, 5.41) is 3.40. The first-order chi connectivity index (χ1) is 11.7. The zero-order valence-corrected chi connectivity index (χ0v) is 14.4. The number of aromatic amines is 1. The second-order valence-corrected chi connectivity index (χ2v) is 7.63. The number of nitrogens with one attached hydrogen (secondary N) is 1. The molecular weight excluding hydrogens is 320 g/mol. The maximum atomic E-state index is 12.2. The van der Waals surface area contributed by atoms with Crippen molar-refractivity contribution in [1.29, 1.82) is 0 Å². The largest absolute Gasteiger partial charge is 0.297 e. The summed E-state index contributed by atoms with van der Waals surface area (Å²) in [5.74, 6) is 1.11. The second-order valence-electron chi connectivity index (χ2n) is 6.14. The van der Waals surface area contributed by atoms with E-state index in [2.05, 4.69) is 52.2 Å². The highest BCUT2D eigenvalue weighted by molar-refractivity contribution is 8.00. The minimum absolute atomic E-state index is 0.0595. The predicted molar refractivity (Wildman–Crippen MR) is 97.3 cm³/mol. The third-order valence-electron chi connectivity index (χ3n) is 4.54. The summed E-state index contributed by atoms with van der Waals surface area (Å²) in [5.41, 5.74) is 2.78. The van der Waals surface area contributed by atoms with Crippen LogP contribution >= 0.6 is 11.8 Å². The van der Waals surface area contributed by atoms with Gasteiger partial charge in [-0.2, -0.15) is 11.8 Å². The minimum Gasteiger partial charge on any atom is -0.297 e. The van der Waals surface area contributed by atoms with Gasteiger partial charge in [0.15, 0.2) is 5.65 Å². The summed E-state index contributed by atoms with van der Waals surface area (Å²) >= 11 is 2.01.